The number of imide groups is 1. The molecule has 0 radical (unpaired) electrons. The van der Waals surface area contributed by atoms with E-state index in [0.29, 0.717) is 6.42 Å². The summed E-state index contributed by atoms with van der Waals surface area (Å²) in [5.41, 5.74) is 0. The molecule has 0 spiro atoms. The van der Waals surface area contributed by atoms with Gasteiger partial charge in [0.15, 0.2) is 0 Å². The van der Waals surface area contributed by atoms with E-state index in [1.54, 1.807) is 6.92 Å². The van der Waals surface area contributed by atoms with Gasteiger partial charge in [-0.05, 0) is 6.42 Å². The second-order valence-corrected chi connectivity index (χ2v) is 3.01. The minimum Gasteiger partial charge on any atom is -0.450 e. The van der Waals surface area contributed by atoms with Gasteiger partial charge >= 0.3 is 12.0 Å². The Labute approximate surface area is 81.0 Å². The Morgan fingerprint density at radius 2 is 2.14 bits per heavy atom. The summed E-state index contributed by atoms with van der Waals surface area (Å²) in [5.74, 6) is -1.12. The molecule has 1 rings (SSSR count). The van der Waals surface area contributed by atoms with E-state index in [4.69, 9.17) is 4.74 Å². The Morgan fingerprint density at radius 1 is 1.50 bits per heavy atom. The van der Waals surface area contributed by atoms with Crippen LogP contribution in [0.15, 0.2) is 0 Å². The van der Waals surface area contributed by atoms with Gasteiger partial charge in [0, 0.05) is 6.92 Å². The molecule has 0 bridgehead atoms. The lowest BCUT2D eigenvalue weighted by molar-refractivity contribution is -0.156. The second-order valence-electron chi connectivity index (χ2n) is 3.01. The number of carbonyl (C=O) groups is 3. The molecule has 0 aliphatic carbocycles. The normalized spacial score (nSPS) is 26.4. The van der Waals surface area contributed by atoms with E-state index in [1.807, 2.05) is 5.32 Å². The number of hydrogen-bond acceptors (Lipinski definition) is 4. The van der Waals surface area contributed by atoms with Gasteiger partial charge in [0.25, 0.3) is 5.91 Å². The first-order valence-corrected chi connectivity index (χ1v) is 4.33. The first-order chi connectivity index (χ1) is 6.54. The molecule has 2 atom stereocenters. The molecule has 0 saturated carbocycles. The van der Waals surface area contributed by atoms with Gasteiger partial charge in [-0.2, -0.15) is 0 Å². The quantitative estimate of drug-likeness (QED) is 0.590. The highest BCUT2D eigenvalue weighted by Crippen LogP contribution is 2.08. The van der Waals surface area contributed by atoms with Gasteiger partial charge in [-0.3, -0.25) is 14.9 Å². The third-order valence-electron chi connectivity index (χ3n) is 1.91. The molecular weight excluding hydrogens is 188 g/mol. The van der Waals surface area contributed by atoms with Crippen LogP contribution in [-0.4, -0.2) is 30.1 Å². The number of hydrogen-bond donors (Lipinski definition) is 2. The van der Waals surface area contributed by atoms with E-state index in [1.165, 1.54) is 6.92 Å². The fourth-order valence-electron chi connectivity index (χ4n) is 1.28. The highest BCUT2D eigenvalue weighted by molar-refractivity contribution is 6.00. The topological polar surface area (TPSA) is 84.5 Å². The summed E-state index contributed by atoms with van der Waals surface area (Å²) in [6.45, 7) is 3.01. The second kappa shape index (κ2) is 4.08. The third kappa shape index (κ3) is 2.21. The maximum absolute atomic E-state index is 11.3. The Hall–Kier alpha value is -1.59. The molecule has 6 nitrogen and oxygen atoms in total. The zero-order valence-corrected chi connectivity index (χ0v) is 7.99. The van der Waals surface area contributed by atoms with Crippen molar-refractivity contribution in [2.45, 2.75) is 32.4 Å². The van der Waals surface area contributed by atoms with Crippen molar-refractivity contribution in [3.63, 3.8) is 0 Å². The van der Waals surface area contributed by atoms with Crippen LogP contribution < -0.4 is 10.6 Å². The molecule has 0 unspecified atom stereocenters. The van der Waals surface area contributed by atoms with Crippen molar-refractivity contribution in [2.75, 3.05) is 0 Å². The summed E-state index contributed by atoms with van der Waals surface area (Å²) in [7, 11) is 0. The Kier molecular flexibility index (Phi) is 3.06. The predicted molar refractivity (Wildman–Crippen MR) is 46.3 cm³/mol. The van der Waals surface area contributed by atoms with Crippen LogP contribution in [0.3, 0.4) is 0 Å². The molecule has 0 aromatic carbocycles. The molecule has 1 heterocycles. The van der Waals surface area contributed by atoms with Crippen LogP contribution in [0, 0.1) is 0 Å². The highest BCUT2D eigenvalue weighted by Gasteiger charge is 2.36. The Bertz CT molecular complexity index is 277. The summed E-state index contributed by atoms with van der Waals surface area (Å²) >= 11 is 0. The minimum absolute atomic E-state index is 0.444. The standard InChI is InChI=1S/C8H12N2O4/c1-3-5-6(14-4(2)11)7(12)10-8(13)9-5/h5-6H,3H2,1-2H3,(H2,9,10,12,13)/t5-,6+/m1/s1. The molecule has 1 fully saturated rings. The van der Waals surface area contributed by atoms with Crippen LogP contribution in [0.5, 0.6) is 0 Å². The van der Waals surface area contributed by atoms with Crippen molar-refractivity contribution in [3.8, 4) is 0 Å². The molecule has 0 aromatic heterocycles. The van der Waals surface area contributed by atoms with Gasteiger partial charge in [0.2, 0.25) is 6.10 Å². The van der Waals surface area contributed by atoms with Crippen molar-refractivity contribution >= 4 is 17.9 Å². The van der Waals surface area contributed by atoms with Crippen molar-refractivity contribution < 1.29 is 19.1 Å². The smallest absolute Gasteiger partial charge is 0.321 e. The average molecular weight is 200 g/mol. The van der Waals surface area contributed by atoms with Crippen LogP contribution in [0.25, 0.3) is 0 Å². The number of ether oxygens (including phenoxy) is 1. The molecule has 1 aliphatic heterocycles. The summed E-state index contributed by atoms with van der Waals surface area (Å²) in [4.78, 5) is 32.8. The SMILES string of the molecule is CC[C@H]1NC(=O)NC(=O)[C@H]1OC(C)=O. The maximum Gasteiger partial charge on any atom is 0.321 e. The van der Waals surface area contributed by atoms with E-state index in [9.17, 15) is 14.4 Å². The van der Waals surface area contributed by atoms with Crippen LogP contribution in [-0.2, 0) is 14.3 Å². The number of esters is 1. The number of nitrogens with one attached hydrogen (secondary N) is 2. The van der Waals surface area contributed by atoms with E-state index in [2.05, 4.69) is 5.32 Å². The van der Waals surface area contributed by atoms with Crippen molar-refractivity contribution in [1.82, 2.24) is 10.6 Å². The van der Waals surface area contributed by atoms with Gasteiger partial charge in [0.05, 0.1) is 6.04 Å². The Balaban J connectivity index is 2.73. The largest absolute Gasteiger partial charge is 0.450 e. The fraction of sp³-hybridized carbons (Fsp3) is 0.625. The lowest BCUT2D eigenvalue weighted by atomic mass is 10.1. The highest BCUT2D eigenvalue weighted by atomic mass is 16.5. The van der Waals surface area contributed by atoms with Crippen LogP contribution in [0.2, 0.25) is 0 Å². The van der Waals surface area contributed by atoms with Gasteiger partial charge in [-0.1, -0.05) is 6.92 Å². The first-order valence-electron chi connectivity index (χ1n) is 4.33. The lowest BCUT2D eigenvalue weighted by Gasteiger charge is -2.29. The first kappa shape index (κ1) is 10.5. The van der Waals surface area contributed by atoms with Gasteiger partial charge in [-0.15, -0.1) is 0 Å². The maximum atomic E-state index is 11.3. The van der Waals surface area contributed by atoms with E-state index in [0.717, 1.165) is 0 Å². The number of rotatable bonds is 2. The molecule has 0 aromatic rings. The van der Waals surface area contributed by atoms with Crippen LogP contribution >= 0.6 is 0 Å². The van der Waals surface area contributed by atoms with E-state index in [-0.39, 0.29) is 0 Å². The monoisotopic (exact) mass is 200 g/mol. The third-order valence-corrected chi connectivity index (χ3v) is 1.91. The van der Waals surface area contributed by atoms with Crippen molar-refractivity contribution in [2.24, 2.45) is 0 Å². The van der Waals surface area contributed by atoms with Gasteiger partial charge in [0.1, 0.15) is 0 Å². The zero-order valence-electron chi connectivity index (χ0n) is 7.99. The fourth-order valence-corrected chi connectivity index (χ4v) is 1.28. The molecule has 6 heteroatoms. The molecule has 3 amide bonds. The van der Waals surface area contributed by atoms with E-state index < -0.39 is 30.1 Å². The molecule has 78 valence electrons. The van der Waals surface area contributed by atoms with Gasteiger partial charge in [-0.25, -0.2) is 4.79 Å². The predicted octanol–water partition coefficient (Wildman–Crippen LogP) is -0.464. The molecule has 1 aliphatic rings. The lowest BCUT2D eigenvalue weighted by Crippen LogP contribution is -2.61. The summed E-state index contributed by atoms with van der Waals surface area (Å²) < 4.78 is 4.79. The molecule has 2 N–H and O–H groups in total. The number of amides is 3. The summed E-state index contributed by atoms with van der Waals surface area (Å²) in [6.07, 6.45) is -0.396. The zero-order chi connectivity index (χ0) is 10.7. The summed E-state index contributed by atoms with van der Waals surface area (Å²) in [5, 5.41) is 4.54. The number of urea groups is 1. The average Bonchev–Trinajstić information content (AvgIpc) is 2.08. The van der Waals surface area contributed by atoms with Crippen LogP contribution in [0.1, 0.15) is 20.3 Å². The van der Waals surface area contributed by atoms with Crippen molar-refractivity contribution in [3.05, 3.63) is 0 Å². The van der Waals surface area contributed by atoms with Crippen LogP contribution in [0.4, 0.5) is 4.79 Å². The molecular formula is C8H12N2O4. The van der Waals surface area contributed by atoms with E-state index >= 15 is 0 Å². The van der Waals surface area contributed by atoms with Crippen molar-refractivity contribution in [1.29, 1.82) is 0 Å². The van der Waals surface area contributed by atoms with Gasteiger partial charge < -0.3 is 10.1 Å². The number of carbonyl (C=O) groups excluding carboxylic acids is 3. The molecule has 14 heavy (non-hydrogen) atoms. The molecule has 1 saturated heterocycles. The minimum atomic E-state index is -0.921. The summed E-state index contributed by atoms with van der Waals surface area (Å²) in [6, 6.07) is -0.995. The Morgan fingerprint density at radius 3 is 2.64 bits per heavy atom.